The highest BCUT2D eigenvalue weighted by atomic mass is 19.4. The van der Waals surface area contributed by atoms with E-state index < -0.39 is 24.3 Å². The maximum atomic E-state index is 12.4. The first kappa shape index (κ1) is 15.4. The minimum atomic E-state index is -4.58. The first-order chi connectivity index (χ1) is 8.58. The zero-order valence-electron chi connectivity index (χ0n) is 9.57. The van der Waals surface area contributed by atoms with Gasteiger partial charge >= 0.3 is 12.4 Å². The Balaban J connectivity index is 2.62. The molecule has 0 aliphatic rings. The predicted octanol–water partition coefficient (Wildman–Crippen LogP) is 3.44. The van der Waals surface area contributed by atoms with Gasteiger partial charge in [-0.2, -0.15) is 26.3 Å². The molecule has 0 aromatic carbocycles. The summed E-state index contributed by atoms with van der Waals surface area (Å²) in [5, 5.41) is 2.38. The van der Waals surface area contributed by atoms with E-state index in [1.807, 2.05) is 0 Å². The average Bonchev–Trinajstić information content (AvgIpc) is 2.21. The molecular formula is C10H11F6N3. The third-order valence-electron chi connectivity index (χ3n) is 2.12. The molecule has 0 bridgehead atoms. The Morgan fingerprint density at radius 2 is 1.74 bits per heavy atom. The molecule has 1 aromatic heterocycles. The number of hydrogen-bond donors (Lipinski definition) is 2. The summed E-state index contributed by atoms with van der Waals surface area (Å²) in [6.45, 7) is -0.146. The summed E-state index contributed by atoms with van der Waals surface area (Å²) in [5.41, 5.74) is 4.20. The summed E-state index contributed by atoms with van der Waals surface area (Å²) < 4.78 is 72.9. The number of aromatic nitrogens is 1. The Morgan fingerprint density at radius 3 is 2.26 bits per heavy atom. The molecule has 19 heavy (non-hydrogen) atoms. The third-order valence-corrected chi connectivity index (χ3v) is 2.12. The molecule has 0 fully saturated rings. The molecule has 3 nitrogen and oxygen atoms in total. The number of nitrogens with two attached hydrogens (primary N) is 1. The summed E-state index contributed by atoms with van der Waals surface area (Å²) in [6, 6.07) is 1.35. The van der Waals surface area contributed by atoms with E-state index in [2.05, 4.69) is 10.3 Å². The Hall–Kier alpha value is -1.67. The van der Waals surface area contributed by atoms with E-state index in [-0.39, 0.29) is 24.6 Å². The van der Waals surface area contributed by atoms with Gasteiger partial charge in [0.05, 0.1) is 5.56 Å². The number of nitrogens with zero attached hydrogens (tertiary/aromatic N) is 1. The monoisotopic (exact) mass is 287 g/mol. The Kier molecular flexibility index (Phi) is 4.48. The second kappa shape index (κ2) is 5.54. The minimum Gasteiger partial charge on any atom is -0.384 e. The average molecular weight is 287 g/mol. The number of nitrogens with one attached hydrogen (secondary N) is 1. The standard InChI is InChI=1S/C10H11F6N3/c11-9(12,13)2-1-3-18-8-5-6(10(14,15)16)4-7(17)19-8/h4-5H,1-3H2,(H3,17,18,19). The summed E-state index contributed by atoms with van der Waals surface area (Å²) >= 11 is 0. The zero-order valence-corrected chi connectivity index (χ0v) is 9.57. The number of halogens is 6. The van der Waals surface area contributed by atoms with Crippen LogP contribution in [-0.2, 0) is 6.18 Å². The molecule has 0 saturated carbocycles. The number of hydrogen-bond acceptors (Lipinski definition) is 3. The quantitative estimate of drug-likeness (QED) is 0.659. The molecule has 9 heteroatoms. The molecule has 1 aromatic rings. The lowest BCUT2D eigenvalue weighted by Gasteiger charge is -2.11. The van der Waals surface area contributed by atoms with E-state index in [9.17, 15) is 26.3 Å². The van der Waals surface area contributed by atoms with Crippen molar-refractivity contribution in [2.45, 2.75) is 25.2 Å². The summed E-state index contributed by atoms with van der Waals surface area (Å²) in [5.74, 6) is -0.553. The second-order valence-corrected chi connectivity index (χ2v) is 3.81. The molecule has 0 atom stereocenters. The molecular weight excluding hydrogens is 276 g/mol. The lowest BCUT2D eigenvalue weighted by atomic mass is 10.2. The first-order valence-corrected chi connectivity index (χ1v) is 5.23. The topological polar surface area (TPSA) is 50.9 Å². The van der Waals surface area contributed by atoms with Gasteiger partial charge in [0.15, 0.2) is 0 Å². The van der Waals surface area contributed by atoms with Crippen LogP contribution >= 0.6 is 0 Å². The van der Waals surface area contributed by atoms with E-state index in [1.165, 1.54) is 0 Å². The highest BCUT2D eigenvalue weighted by Crippen LogP contribution is 2.31. The van der Waals surface area contributed by atoms with Gasteiger partial charge in [-0.25, -0.2) is 4.98 Å². The van der Waals surface area contributed by atoms with Crippen LogP contribution in [0.5, 0.6) is 0 Å². The van der Waals surface area contributed by atoms with Crippen LogP contribution in [0.4, 0.5) is 38.0 Å². The van der Waals surface area contributed by atoms with Crippen LogP contribution in [-0.4, -0.2) is 17.7 Å². The van der Waals surface area contributed by atoms with Gasteiger partial charge in [0, 0.05) is 13.0 Å². The lowest BCUT2D eigenvalue weighted by molar-refractivity contribution is -0.137. The molecule has 1 rings (SSSR count). The highest BCUT2D eigenvalue weighted by molar-refractivity contribution is 5.47. The van der Waals surface area contributed by atoms with Gasteiger partial charge in [-0.3, -0.25) is 0 Å². The minimum absolute atomic E-state index is 0.146. The van der Waals surface area contributed by atoms with Crippen molar-refractivity contribution < 1.29 is 26.3 Å². The van der Waals surface area contributed by atoms with Gasteiger partial charge in [-0.05, 0) is 18.6 Å². The molecule has 108 valence electrons. The van der Waals surface area contributed by atoms with Crippen LogP contribution in [0.3, 0.4) is 0 Å². The normalized spacial score (nSPS) is 12.5. The fourth-order valence-corrected chi connectivity index (χ4v) is 1.31. The fourth-order valence-electron chi connectivity index (χ4n) is 1.31. The van der Waals surface area contributed by atoms with Crippen molar-refractivity contribution in [2.75, 3.05) is 17.6 Å². The van der Waals surface area contributed by atoms with Gasteiger partial charge in [-0.1, -0.05) is 0 Å². The smallest absolute Gasteiger partial charge is 0.384 e. The molecule has 0 saturated heterocycles. The molecule has 0 amide bonds. The van der Waals surface area contributed by atoms with Gasteiger partial charge < -0.3 is 11.1 Å². The molecule has 0 unspecified atom stereocenters. The van der Waals surface area contributed by atoms with Crippen LogP contribution in [0, 0.1) is 0 Å². The van der Waals surface area contributed by atoms with Crippen molar-refractivity contribution in [1.82, 2.24) is 4.98 Å². The lowest BCUT2D eigenvalue weighted by Crippen LogP contribution is -2.13. The van der Waals surface area contributed by atoms with E-state index in [4.69, 9.17) is 5.73 Å². The largest absolute Gasteiger partial charge is 0.416 e. The van der Waals surface area contributed by atoms with Crippen LogP contribution in [0.2, 0.25) is 0 Å². The number of anilines is 2. The van der Waals surface area contributed by atoms with Crippen LogP contribution in [0.15, 0.2) is 12.1 Å². The van der Waals surface area contributed by atoms with Gasteiger partial charge in [0.25, 0.3) is 0 Å². The maximum absolute atomic E-state index is 12.4. The number of alkyl halides is 6. The summed E-state index contributed by atoms with van der Waals surface area (Å²) in [6.07, 6.45) is -10.2. The van der Waals surface area contributed by atoms with Gasteiger partial charge in [0.2, 0.25) is 0 Å². The summed E-state index contributed by atoms with van der Waals surface area (Å²) in [7, 11) is 0. The maximum Gasteiger partial charge on any atom is 0.416 e. The van der Waals surface area contributed by atoms with Crippen molar-refractivity contribution in [3.05, 3.63) is 17.7 Å². The van der Waals surface area contributed by atoms with Crippen molar-refractivity contribution in [2.24, 2.45) is 0 Å². The molecule has 0 aliphatic carbocycles. The molecule has 0 aliphatic heterocycles. The summed E-state index contributed by atoms with van der Waals surface area (Å²) in [4.78, 5) is 3.57. The molecule has 1 heterocycles. The van der Waals surface area contributed by atoms with Crippen molar-refractivity contribution in [3.63, 3.8) is 0 Å². The van der Waals surface area contributed by atoms with E-state index in [0.717, 1.165) is 0 Å². The molecule has 0 radical (unpaired) electrons. The zero-order chi connectivity index (χ0) is 14.7. The molecule has 3 N–H and O–H groups in total. The number of nitrogen functional groups attached to an aromatic ring is 1. The Bertz CT molecular complexity index is 426. The molecule has 0 spiro atoms. The van der Waals surface area contributed by atoms with Crippen molar-refractivity contribution >= 4 is 11.6 Å². The fraction of sp³-hybridized carbons (Fsp3) is 0.500. The number of rotatable bonds is 4. The Morgan fingerprint density at radius 1 is 1.11 bits per heavy atom. The van der Waals surface area contributed by atoms with Crippen LogP contribution in [0.1, 0.15) is 18.4 Å². The first-order valence-electron chi connectivity index (χ1n) is 5.23. The third kappa shape index (κ3) is 5.66. The van der Waals surface area contributed by atoms with E-state index in [0.29, 0.717) is 12.1 Å². The SMILES string of the molecule is Nc1cc(C(F)(F)F)cc(NCCCC(F)(F)F)n1. The highest BCUT2D eigenvalue weighted by Gasteiger charge is 2.31. The van der Waals surface area contributed by atoms with Gasteiger partial charge in [0.1, 0.15) is 11.6 Å². The van der Waals surface area contributed by atoms with Crippen LogP contribution in [0.25, 0.3) is 0 Å². The van der Waals surface area contributed by atoms with Crippen molar-refractivity contribution in [1.29, 1.82) is 0 Å². The van der Waals surface area contributed by atoms with Crippen LogP contribution < -0.4 is 11.1 Å². The van der Waals surface area contributed by atoms with E-state index >= 15 is 0 Å². The van der Waals surface area contributed by atoms with Gasteiger partial charge in [-0.15, -0.1) is 0 Å². The second-order valence-electron chi connectivity index (χ2n) is 3.81. The number of pyridine rings is 1. The predicted molar refractivity (Wildman–Crippen MR) is 57.4 cm³/mol. The Labute approximate surface area is 104 Å². The van der Waals surface area contributed by atoms with Crippen molar-refractivity contribution in [3.8, 4) is 0 Å². The van der Waals surface area contributed by atoms with E-state index in [1.54, 1.807) is 0 Å².